The number of fused-ring (bicyclic) bond motifs is 1. The molecular weight excluding hydrogens is 236 g/mol. The third kappa shape index (κ3) is 2.55. The molecule has 3 heteroatoms. The number of nitrogens with one attached hydrogen (secondary N) is 1. The highest BCUT2D eigenvalue weighted by atomic mass is 16.1. The molecule has 0 saturated heterocycles. The molecule has 0 fully saturated rings. The van der Waals surface area contributed by atoms with Gasteiger partial charge in [-0.1, -0.05) is 12.1 Å². The number of nitrogens with zero attached hydrogens (tertiary/aromatic N) is 1. The predicted octanol–water partition coefficient (Wildman–Crippen LogP) is 2.68. The van der Waals surface area contributed by atoms with E-state index in [9.17, 15) is 4.79 Å². The minimum absolute atomic E-state index is 0.607. The van der Waals surface area contributed by atoms with Gasteiger partial charge in [-0.2, -0.15) is 0 Å². The van der Waals surface area contributed by atoms with Gasteiger partial charge in [0.15, 0.2) is 0 Å². The highest BCUT2D eigenvalue weighted by Crippen LogP contribution is 2.25. The zero-order chi connectivity index (χ0) is 13.1. The van der Waals surface area contributed by atoms with Crippen LogP contribution < -0.4 is 5.32 Å². The SMILES string of the molecule is O=CC1=Cc2cc(Cc3ccccn3)ccc2NC1. The molecule has 0 aliphatic carbocycles. The number of hydrogen-bond acceptors (Lipinski definition) is 3. The van der Waals surface area contributed by atoms with Crippen molar-refractivity contribution in [2.24, 2.45) is 0 Å². The quantitative estimate of drug-likeness (QED) is 0.852. The fourth-order valence-electron chi connectivity index (χ4n) is 2.24. The van der Waals surface area contributed by atoms with Crippen molar-refractivity contribution in [3.8, 4) is 0 Å². The maximum absolute atomic E-state index is 10.8. The summed E-state index contributed by atoms with van der Waals surface area (Å²) in [5, 5.41) is 3.24. The van der Waals surface area contributed by atoms with Crippen LogP contribution in [0.5, 0.6) is 0 Å². The average molecular weight is 250 g/mol. The first kappa shape index (κ1) is 11.7. The van der Waals surface area contributed by atoms with Gasteiger partial charge in [-0.05, 0) is 41.5 Å². The number of benzene rings is 1. The summed E-state index contributed by atoms with van der Waals surface area (Å²) in [6.07, 6.45) is 5.46. The van der Waals surface area contributed by atoms with Gasteiger partial charge in [-0.25, -0.2) is 0 Å². The van der Waals surface area contributed by atoms with Gasteiger partial charge in [0.1, 0.15) is 6.29 Å². The summed E-state index contributed by atoms with van der Waals surface area (Å²) in [7, 11) is 0. The lowest BCUT2D eigenvalue weighted by Gasteiger charge is -2.16. The Morgan fingerprint density at radius 2 is 2.21 bits per heavy atom. The Bertz CT molecular complexity index is 632. The van der Waals surface area contributed by atoms with E-state index in [2.05, 4.69) is 28.5 Å². The summed E-state index contributed by atoms with van der Waals surface area (Å²) < 4.78 is 0. The molecule has 1 N–H and O–H groups in total. The van der Waals surface area contributed by atoms with E-state index in [-0.39, 0.29) is 0 Å². The van der Waals surface area contributed by atoms with E-state index in [1.54, 1.807) is 6.20 Å². The van der Waals surface area contributed by atoms with E-state index in [0.717, 1.165) is 35.2 Å². The molecule has 3 rings (SSSR count). The van der Waals surface area contributed by atoms with E-state index >= 15 is 0 Å². The lowest BCUT2D eigenvalue weighted by Crippen LogP contribution is -2.11. The van der Waals surface area contributed by atoms with Gasteiger partial charge >= 0.3 is 0 Å². The van der Waals surface area contributed by atoms with E-state index < -0.39 is 0 Å². The van der Waals surface area contributed by atoms with Crippen LogP contribution in [0.2, 0.25) is 0 Å². The maximum atomic E-state index is 10.8. The van der Waals surface area contributed by atoms with Crippen molar-refractivity contribution in [1.82, 2.24) is 4.98 Å². The molecule has 1 aliphatic heterocycles. The third-order valence-corrected chi connectivity index (χ3v) is 3.20. The molecule has 0 spiro atoms. The summed E-state index contributed by atoms with van der Waals surface area (Å²) in [6.45, 7) is 0.607. The molecule has 0 bridgehead atoms. The van der Waals surface area contributed by atoms with Crippen LogP contribution in [0.4, 0.5) is 5.69 Å². The fraction of sp³-hybridized carbons (Fsp3) is 0.125. The van der Waals surface area contributed by atoms with E-state index in [4.69, 9.17) is 0 Å². The van der Waals surface area contributed by atoms with Gasteiger partial charge in [-0.3, -0.25) is 9.78 Å². The van der Waals surface area contributed by atoms with Crippen LogP contribution in [-0.2, 0) is 11.2 Å². The molecule has 2 aromatic rings. The number of anilines is 1. The molecule has 19 heavy (non-hydrogen) atoms. The van der Waals surface area contributed by atoms with Crippen LogP contribution in [0, 0.1) is 0 Å². The number of rotatable bonds is 3. The number of hydrogen-bond donors (Lipinski definition) is 1. The van der Waals surface area contributed by atoms with Gasteiger partial charge in [0.05, 0.1) is 0 Å². The molecule has 0 amide bonds. The Hall–Kier alpha value is -2.42. The Balaban J connectivity index is 1.90. The lowest BCUT2D eigenvalue weighted by molar-refractivity contribution is -0.104. The van der Waals surface area contributed by atoms with Crippen LogP contribution in [-0.4, -0.2) is 17.8 Å². The highest BCUT2D eigenvalue weighted by Gasteiger charge is 2.09. The van der Waals surface area contributed by atoms with Crippen LogP contribution >= 0.6 is 0 Å². The standard InChI is InChI=1S/C16H14N2O/c19-11-13-8-14-7-12(4-5-16(14)18-10-13)9-15-3-1-2-6-17-15/h1-8,11,18H,9-10H2. The molecule has 0 saturated carbocycles. The first-order valence-electron chi connectivity index (χ1n) is 6.27. The monoisotopic (exact) mass is 250 g/mol. The lowest BCUT2D eigenvalue weighted by atomic mass is 10.00. The number of carbonyl (C=O) groups is 1. The maximum Gasteiger partial charge on any atom is 0.147 e. The minimum atomic E-state index is 0.607. The van der Waals surface area contributed by atoms with Crippen molar-refractivity contribution in [2.75, 3.05) is 11.9 Å². The smallest absolute Gasteiger partial charge is 0.147 e. The normalized spacial score (nSPS) is 13.2. The summed E-state index contributed by atoms with van der Waals surface area (Å²) in [6, 6.07) is 12.2. The topological polar surface area (TPSA) is 42.0 Å². The summed E-state index contributed by atoms with van der Waals surface area (Å²) in [5.41, 5.74) is 5.17. The van der Waals surface area contributed by atoms with Gasteiger partial charge in [0.2, 0.25) is 0 Å². The van der Waals surface area contributed by atoms with E-state index in [1.807, 2.05) is 24.3 Å². The van der Waals surface area contributed by atoms with Gasteiger partial charge in [-0.15, -0.1) is 0 Å². The second-order valence-electron chi connectivity index (χ2n) is 4.61. The van der Waals surface area contributed by atoms with E-state index in [0.29, 0.717) is 6.54 Å². The average Bonchev–Trinajstić information content (AvgIpc) is 2.47. The van der Waals surface area contributed by atoms with Crippen molar-refractivity contribution >= 4 is 18.0 Å². The van der Waals surface area contributed by atoms with Crippen LogP contribution in [0.1, 0.15) is 16.8 Å². The van der Waals surface area contributed by atoms with E-state index in [1.165, 1.54) is 5.56 Å². The number of aromatic nitrogens is 1. The molecule has 0 unspecified atom stereocenters. The Kier molecular flexibility index (Phi) is 3.11. The minimum Gasteiger partial charge on any atom is -0.380 e. The fourth-order valence-corrected chi connectivity index (χ4v) is 2.24. The molecule has 0 radical (unpaired) electrons. The summed E-state index contributed by atoms with van der Waals surface area (Å²) >= 11 is 0. The number of carbonyl (C=O) groups excluding carboxylic acids is 1. The molecule has 1 aromatic heterocycles. The zero-order valence-electron chi connectivity index (χ0n) is 10.5. The first-order chi connectivity index (χ1) is 9.35. The third-order valence-electron chi connectivity index (χ3n) is 3.20. The number of aldehydes is 1. The predicted molar refractivity (Wildman–Crippen MR) is 76.0 cm³/mol. The van der Waals surface area contributed by atoms with Crippen LogP contribution in [0.3, 0.4) is 0 Å². The zero-order valence-corrected chi connectivity index (χ0v) is 10.5. The highest BCUT2D eigenvalue weighted by molar-refractivity contribution is 5.88. The molecule has 3 nitrogen and oxygen atoms in total. The molecule has 94 valence electrons. The van der Waals surface area contributed by atoms with Crippen molar-refractivity contribution in [3.05, 3.63) is 65.0 Å². The molecule has 1 aromatic carbocycles. The first-order valence-corrected chi connectivity index (χ1v) is 6.27. The Labute approximate surface area is 112 Å². The van der Waals surface area contributed by atoms with Crippen LogP contribution in [0.15, 0.2) is 48.2 Å². The van der Waals surface area contributed by atoms with Crippen molar-refractivity contribution < 1.29 is 4.79 Å². The molecule has 0 atom stereocenters. The van der Waals surface area contributed by atoms with Gasteiger partial charge in [0, 0.05) is 36.1 Å². The molecule has 2 heterocycles. The second kappa shape index (κ2) is 5.06. The van der Waals surface area contributed by atoms with Crippen molar-refractivity contribution in [1.29, 1.82) is 0 Å². The molecular formula is C16H14N2O. The van der Waals surface area contributed by atoms with Gasteiger partial charge < -0.3 is 5.32 Å². The van der Waals surface area contributed by atoms with Crippen molar-refractivity contribution in [3.63, 3.8) is 0 Å². The summed E-state index contributed by atoms with van der Waals surface area (Å²) in [5.74, 6) is 0. The number of pyridine rings is 1. The van der Waals surface area contributed by atoms with Crippen molar-refractivity contribution in [2.45, 2.75) is 6.42 Å². The van der Waals surface area contributed by atoms with Gasteiger partial charge in [0.25, 0.3) is 0 Å². The summed E-state index contributed by atoms with van der Waals surface area (Å²) in [4.78, 5) is 15.2. The van der Waals surface area contributed by atoms with Crippen LogP contribution in [0.25, 0.3) is 6.08 Å². The Morgan fingerprint density at radius 3 is 3.00 bits per heavy atom. The molecule has 1 aliphatic rings. The largest absolute Gasteiger partial charge is 0.380 e. The second-order valence-corrected chi connectivity index (χ2v) is 4.61. The Morgan fingerprint density at radius 1 is 1.26 bits per heavy atom.